The molecule has 6 heteroatoms. The standard InChI is InChI=1S/C15H15N3O2S/c19-14-12(8-9-20-14)21-15-17-16-13(10-6-7-10)18(15)11-4-2-1-3-5-11/h1-5,10,12H,6-9H2. The predicted octanol–water partition coefficient (Wildman–Crippen LogP) is 2.55. The summed E-state index contributed by atoms with van der Waals surface area (Å²) in [5.74, 6) is 1.37. The molecule has 1 unspecified atom stereocenters. The number of nitrogens with zero attached hydrogens (tertiary/aromatic N) is 3. The third kappa shape index (κ3) is 2.44. The molecule has 1 aliphatic carbocycles. The minimum atomic E-state index is -0.163. The maximum atomic E-state index is 11.7. The Bertz CT molecular complexity index is 667. The average molecular weight is 301 g/mol. The molecule has 2 aromatic rings. The van der Waals surface area contributed by atoms with Crippen LogP contribution in [0, 0.1) is 0 Å². The van der Waals surface area contributed by atoms with E-state index in [0.29, 0.717) is 12.5 Å². The molecule has 2 fully saturated rings. The van der Waals surface area contributed by atoms with Crippen molar-refractivity contribution in [1.29, 1.82) is 0 Å². The van der Waals surface area contributed by atoms with E-state index >= 15 is 0 Å². The van der Waals surface area contributed by atoms with Gasteiger partial charge in [0, 0.05) is 18.0 Å². The van der Waals surface area contributed by atoms with Gasteiger partial charge in [0.05, 0.1) is 6.61 Å². The van der Waals surface area contributed by atoms with Crippen LogP contribution in [0.15, 0.2) is 35.5 Å². The van der Waals surface area contributed by atoms with Crippen LogP contribution < -0.4 is 0 Å². The summed E-state index contributed by atoms with van der Waals surface area (Å²) in [5, 5.41) is 9.30. The van der Waals surface area contributed by atoms with Gasteiger partial charge < -0.3 is 4.74 Å². The quantitative estimate of drug-likeness (QED) is 0.812. The molecule has 0 amide bonds. The molecule has 21 heavy (non-hydrogen) atoms. The molecule has 4 rings (SSSR count). The van der Waals surface area contributed by atoms with Gasteiger partial charge in [-0.25, -0.2) is 0 Å². The number of carbonyl (C=O) groups excluding carboxylic acids is 1. The molecule has 108 valence electrons. The SMILES string of the molecule is O=C1OCCC1Sc1nnc(C2CC2)n1-c1ccccc1. The lowest BCUT2D eigenvalue weighted by molar-refractivity contribution is -0.137. The van der Waals surface area contributed by atoms with Gasteiger partial charge in [-0.1, -0.05) is 30.0 Å². The van der Waals surface area contributed by atoms with Crippen molar-refractivity contribution in [3.05, 3.63) is 36.2 Å². The van der Waals surface area contributed by atoms with E-state index in [0.717, 1.165) is 23.1 Å². The lowest BCUT2D eigenvalue weighted by Crippen LogP contribution is -2.11. The Kier molecular flexibility index (Phi) is 3.18. The highest BCUT2D eigenvalue weighted by atomic mass is 32.2. The van der Waals surface area contributed by atoms with Crippen molar-refractivity contribution < 1.29 is 9.53 Å². The van der Waals surface area contributed by atoms with Gasteiger partial charge in [-0.15, -0.1) is 10.2 Å². The molecular formula is C15H15N3O2S. The van der Waals surface area contributed by atoms with Crippen molar-refractivity contribution in [1.82, 2.24) is 14.8 Å². The predicted molar refractivity (Wildman–Crippen MR) is 78.6 cm³/mol. The van der Waals surface area contributed by atoms with Crippen LogP contribution in [-0.4, -0.2) is 32.6 Å². The Labute approximate surface area is 126 Å². The van der Waals surface area contributed by atoms with E-state index < -0.39 is 0 Å². The summed E-state index contributed by atoms with van der Waals surface area (Å²) in [7, 11) is 0. The van der Waals surface area contributed by atoms with E-state index in [1.165, 1.54) is 24.6 Å². The van der Waals surface area contributed by atoms with Gasteiger partial charge >= 0.3 is 5.97 Å². The summed E-state index contributed by atoms with van der Waals surface area (Å²) in [6, 6.07) is 10.1. The number of hydrogen-bond acceptors (Lipinski definition) is 5. The van der Waals surface area contributed by atoms with E-state index in [9.17, 15) is 4.79 Å². The largest absolute Gasteiger partial charge is 0.465 e. The van der Waals surface area contributed by atoms with Crippen molar-refractivity contribution in [3.8, 4) is 5.69 Å². The van der Waals surface area contributed by atoms with Gasteiger partial charge in [-0.3, -0.25) is 9.36 Å². The van der Waals surface area contributed by atoms with Crippen molar-refractivity contribution in [3.63, 3.8) is 0 Å². The summed E-state index contributed by atoms with van der Waals surface area (Å²) in [4.78, 5) is 11.7. The number of para-hydroxylation sites is 1. The molecule has 1 saturated carbocycles. The lowest BCUT2D eigenvalue weighted by Gasteiger charge is -2.10. The van der Waals surface area contributed by atoms with Gasteiger partial charge in [0.1, 0.15) is 11.1 Å². The van der Waals surface area contributed by atoms with E-state index in [1.54, 1.807) is 0 Å². The molecule has 5 nitrogen and oxygen atoms in total. The molecule has 0 N–H and O–H groups in total. The second-order valence-electron chi connectivity index (χ2n) is 5.35. The summed E-state index contributed by atoms with van der Waals surface area (Å²) >= 11 is 1.46. The van der Waals surface area contributed by atoms with Crippen molar-refractivity contribution in [2.75, 3.05) is 6.61 Å². The van der Waals surface area contributed by atoms with Crippen molar-refractivity contribution in [2.45, 2.75) is 35.6 Å². The highest BCUT2D eigenvalue weighted by Gasteiger charge is 2.34. The first kappa shape index (κ1) is 12.9. The van der Waals surface area contributed by atoms with Crippen LogP contribution in [0.1, 0.15) is 31.0 Å². The zero-order valence-corrected chi connectivity index (χ0v) is 12.3. The molecule has 2 aliphatic rings. The molecular weight excluding hydrogens is 286 g/mol. The third-order valence-corrected chi connectivity index (χ3v) is 4.94. The number of carbonyl (C=O) groups is 1. The summed E-state index contributed by atoms with van der Waals surface area (Å²) in [6.07, 6.45) is 3.08. The molecule has 1 aliphatic heterocycles. The molecule has 1 aromatic carbocycles. The Morgan fingerprint density at radius 2 is 1.95 bits per heavy atom. The molecule has 1 aromatic heterocycles. The first-order valence-corrected chi connectivity index (χ1v) is 8.05. The Hall–Kier alpha value is -1.82. The number of esters is 1. The van der Waals surface area contributed by atoms with E-state index in [-0.39, 0.29) is 11.2 Å². The Morgan fingerprint density at radius 3 is 2.62 bits per heavy atom. The summed E-state index contributed by atoms with van der Waals surface area (Å²) in [6.45, 7) is 0.505. The first-order valence-electron chi connectivity index (χ1n) is 7.17. The lowest BCUT2D eigenvalue weighted by atomic mass is 10.3. The van der Waals surface area contributed by atoms with Gasteiger partial charge in [0.2, 0.25) is 0 Å². The van der Waals surface area contributed by atoms with Crippen LogP contribution in [0.5, 0.6) is 0 Å². The Morgan fingerprint density at radius 1 is 1.14 bits per heavy atom. The zero-order valence-electron chi connectivity index (χ0n) is 11.4. The Balaban J connectivity index is 1.71. The molecule has 2 heterocycles. The number of thioether (sulfide) groups is 1. The number of ether oxygens (including phenoxy) is 1. The number of aromatic nitrogens is 3. The van der Waals surface area contributed by atoms with Gasteiger partial charge in [-0.05, 0) is 25.0 Å². The molecule has 0 bridgehead atoms. The average Bonchev–Trinajstić information content (AvgIpc) is 3.16. The minimum Gasteiger partial charge on any atom is -0.465 e. The topological polar surface area (TPSA) is 57.0 Å². The van der Waals surface area contributed by atoms with E-state index in [2.05, 4.69) is 14.8 Å². The monoisotopic (exact) mass is 301 g/mol. The smallest absolute Gasteiger partial charge is 0.319 e. The normalized spacial score (nSPS) is 21.5. The van der Waals surface area contributed by atoms with E-state index in [4.69, 9.17) is 4.74 Å². The second-order valence-corrected chi connectivity index (χ2v) is 6.52. The number of rotatable bonds is 4. The van der Waals surface area contributed by atoms with Gasteiger partial charge in [-0.2, -0.15) is 0 Å². The fourth-order valence-electron chi connectivity index (χ4n) is 2.49. The second kappa shape index (κ2) is 5.18. The van der Waals surface area contributed by atoms with E-state index in [1.807, 2.05) is 30.3 Å². The maximum absolute atomic E-state index is 11.7. The van der Waals surface area contributed by atoms with Crippen LogP contribution in [-0.2, 0) is 9.53 Å². The van der Waals surface area contributed by atoms with Crippen LogP contribution in [0.25, 0.3) is 5.69 Å². The van der Waals surface area contributed by atoms with Crippen LogP contribution in [0.4, 0.5) is 0 Å². The molecule has 0 radical (unpaired) electrons. The van der Waals surface area contributed by atoms with Crippen molar-refractivity contribution in [2.24, 2.45) is 0 Å². The summed E-state index contributed by atoms with van der Waals surface area (Å²) in [5.41, 5.74) is 1.05. The third-order valence-electron chi connectivity index (χ3n) is 3.75. The molecule has 0 spiro atoms. The summed E-state index contributed by atoms with van der Waals surface area (Å²) < 4.78 is 7.12. The number of cyclic esters (lactones) is 1. The van der Waals surface area contributed by atoms with Crippen molar-refractivity contribution >= 4 is 17.7 Å². The highest BCUT2D eigenvalue weighted by molar-refractivity contribution is 8.00. The van der Waals surface area contributed by atoms with Gasteiger partial charge in [0.25, 0.3) is 0 Å². The van der Waals surface area contributed by atoms with Crippen LogP contribution in [0.2, 0.25) is 0 Å². The first-order chi connectivity index (χ1) is 10.3. The van der Waals surface area contributed by atoms with Crippen LogP contribution >= 0.6 is 11.8 Å². The fourth-order valence-corrected chi connectivity index (χ4v) is 3.52. The minimum absolute atomic E-state index is 0.143. The fraction of sp³-hybridized carbons (Fsp3) is 0.400. The highest BCUT2D eigenvalue weighted by Crippen LogP contribution is 2.41. The van der Waals surface area contributed by atoms with Crippen LogP contribution in [0.3, 0.4) is 0 Å². The molecule has 1 atom stereocenters. The number of hydrogen-bond donors (Lipinski definition) is 0. The number of benzene rings is 1. The molecule has 1 saturated heterocycles. The maximum Gasteiger partial charge on any atom is 0.319 e. The van der Waals surface area contributed by atoms with Gasteiger partial charge in [0.15, 0.2) is 5.16 Å². The zero-order chi connectivity index (χ0) is 14.2.